The molecule has 2 N–H and O–H groups in total. The second kappa shape index (κ2) is 7.78. The van der Waals surface area contributed by atoms with Crippen LogP contribution in [0.15, 0.2) is 36.5 Å². The van der Waals surface area contributed by atoms with Crippen LogP contribution in [0.2, 0.25) is 0 Å². The number of nitrogens with zero attached hydrogens (tertiary/aromatic N) is 2. The predicted molar refractivity (Wildman–Crippen MR) is 87.9 cm³/mol. The van der Waals surface area contributed by atoms with Crippen LogP contribution in [0.1, 0.15) is 30.8 Å². The molecule has 1 unspecified atom stereocenters. The van der Waals surface area contributed by atoms with Gasteiger partial charge in [-0.1, -0.05) is 13.8 Å². The Hall–Kier alpha value is -2.34. The highest BCUT2D eigenvalue weighted by molar-refractivity contribution is 5.92. The van der Waals surface area contributed by atoms with Crippen LogP contribution >= 0.6 is 0 Å². The van der Waals surface area contributed by atoms with E-state index in [9.17, 15) is 9.90 Å². The topological polar surface area (TPSA) is 76.4 Å². The Morgan fingerprint density at radius 2 is 2.00 bits per heavy atom. The fraction of sp³-hybridized carbons (Fsp3) is 0.412. The predicted octanol–water partition coefficient (Wildman–Crippen LogP) is 2.02. The van der Waals surface area contributed by atoms with Gasteiger partial charge in [-0.2, -0.15) is 5.10 Å². The van der Waals surface area contributed by atoms with E-state index in [4.69, 9.17) is 4.74 Å². The minimum absolute atomic E-state index is 0.229. The number of hydrogen-bond acceptors (Lipinski definition) is 4. The van der Waals surface area contributed by atoms with Crippen molar-refractivity contribution in [1.82, 2.24) is 15.1 Å². The zero-order chi connectivity index (χ0) is 16.8. The second-order valence-electron chi connectivity index (χ2n) is 5.84. The highest BCUT2D eigenvalue weighted by atomic mass is 16.5. The number of hydrogen-bond donors (Lipinski definition) is 2. The van der Waals surface area contributed by atoms with Crippen LogP contribution in [0.4, 0.5) is 0 Å². The van der Waals surface area contributed by atoms with E-state index < -0.39 is 6.10 Å². The van der Waals surface area contributed by atoms with Gasteiger partial charge in [-0.15, -0.1) is 0 Å². The third kappa shape index (κ3) is 4.82. The van der Waals surface area contributed by atoms with Gasteiger partial charge in [0.2, 0.25) is 0 Å². The van der Waals surface area contributed by atoms with Crippen molar-refractivity contribution in [2.45, 2.75) is 26.4 Å². The van der Waals surface area contributed by atoms with Crippen LogP contribution in [-0.2, 0) is 0 Å². The molecular formula is C17H23N3O3. The number of ether oxygens (including phenoxy) is 1. The summed E-state index contributed by atoms with van der Waals surface area (Å²) in [6.07, 6.45) is 1.84. The fourth-order valence-corrected chi connectivity index (χ4v) is 2.25. The van der Waals surface area contributed by atoms with Crippen LogP contribution < -0.4 is 10.1 Å². The first kappa shape index (κ1) is 17.0. The zero-order valence-corrected chi connectivity index (χ0v) is 13.7. The maximum absolute atomic E-state index is 12.1. The van der Waals surface area contributed by atoms with Crippen LogP contribution in [0.3, 0.4) is 0 Å². The molecule has 2 rings (SSSR count). The molecule has 0 aliphatic heterocycles. The first-order valence-electron chi connectivity index (χ1n) is 7.66. The molecule has 0 bridgehead atoms. The SMILES string of the molecule is COc1ccc(-n2ccc(C(=O)NCC(O)CC(C)C)n2)cc1. The normalized spacial score (nSPS) is 12.2. The smallest absolute Gasteiger partial charge is 0.271 e. The molecule has 1 aromatic heterocycles. The monoisotopic (exact) mass is 317 g/mol. The van der Waals surface area contributed by atoms with Crippen molar-refractivity contribution in [3.05, 3.63) is 42.2 Å². The summed E-state index contributed by atoms with van der Waals surface area (Å²) in [6.45, 7) is 4.29. The lowest BCUT2D eigenvalue weighted by atomic mass is 10.1. The minimum Gasteiger partial charge on any atom is -0.497 e. The molecular weight excluding hydrogens is 294 g/mol. The van der Waals surface area contributed by atoms with E-state index in [1.54, 1.807) is 24.1 Å². The number of benzene rings is 1. The number of amides is 1. The summed E-state index contributed by atoms with van der Waals surface area (Å²) in [5, 5.41) is 16.8. The van der Waals surface area contributed by atoms with E-state index in [-0.39, 0.29) is 12.5 Å². The van der Waals surface area contributed by atoms with E-state index in [2.05, 4.69) is 10.4 Å². The van der Waals surface area contributed by atoms with Gasteiger partial charge < -0.3 is 15.2 Å². The van der Waals surface area contributed by atoms with Crippen LogP contribution in [0.5, 0.6) is 5.75 Å². The van der Waals surface area contributed by atoms with Crippen molar-refractivity contribution in [1.29, 1.82) is 0 Å². The van der Waals surface area contributed by atoms with Crippen molar-refractivity contribution < 1.29 is 14.6 Å². The first-order valence-corrected chi connectivity index (χ1v) is 7.66. The molecule has 0 saturated carbocycles. The molecule has 1 atom stereocenters. The van der Waals surface area contributed by atoms with Crippen molar-refractivity contribution in [2.75, 3.05) is 13.7 Å². The Balaban J connectivity index is 1.96. The lowest BCUT2D eigenvalue weighted by Gasteiger charge is -2.13. The van der Waals surface area contributed by atoms with E-state index in [0.717, 1.165) is 11.4 Å². The third-order valence-corrected chi connectivity index (χ3v) is 3.40. The number of carbonyl (C=O) groups excluding carboxylic acids is 1. The summed E-state index contributed by atoms with van der Waals surface area (Å²) in [4.78, 5) is 12.1. The number of carbonyl (C=O) groups is 1. The molecule has 1 heterocycles. The van der Waals surface area contributed by atoms with Crippen molar-refractivity contribution in [3.63, 3.8) is 0 Å². The Morgan fingerprint density at radius 1 is 1.30 bits per heavy atom. The van der Waals surface area contributed by atoms with Gasteiger partial charge in [0.1, 0.15) is 5.75 Å². The standard InChI is InChI=1S/C17H23N3O3/c1-12(2)10-14(21)11-18-17(22)16-8-9-20(19-16)13-4-6-15(23-3)7-5-13/h4-9,12,14,21H,10-11H2,1-3H3,(H,18,22). The molecule has 0 fully saturated rings. The Kier molecular flexibility index (Phi) is 5.76. The summed E-state index contributed by atoms with van der Waals surface area (Å²) < 4.78 is 6.74. The van der Waals surface area contributed by atoms with Crippen LogP contribution in [-0.4, -0.2) is 40.6 Å². The summed E-state index contributed by atoms with van der Waals surface area (Å²) in [5.41, 5.74) is 1.15. The van der Waals surface area contributed by atoms with Crippen molar-refractivity contribution >= 4 is 5.91 Å². The third-order valence-electron chi connectivity index (χ3n) is 3.40. The number of nitrogens with one attached hydrogen (secondary N) is 1. The molecule has 124 valence electrons. The molecule has 0 aliphatic rings. The van der Waals surface area contributed by atoms with Gasteiger partial charge in [-0.25, -0.2) is 4.68 Å². The van der Waals surface area contributed by atoms with E-state index in [0.29, 0.717) is 18.0 Å². The average molecular weight is 317 g/mol. The molecule has 6 heteroatoms. The van der Waals surface area contributed by atoms with Crippen LogP contribution in [0.25, 0.3) is 5.69 Å². The van der Waals surface area contributed by atoms with Gasteiger partial charge in [-0.3, -0.25) is 4.79 Å². The van der Waals surface area contributed by atoms with Gasteiger partial charge in [-0.05, 0) is 42.7 Å². The van der Waals surface area contributed by atoms with Crippen molar-refractivity contribution in [3.8, 4) is 11.4 Å². The van der Waals surface area contributed by atoms with Gasteiger partial charge >= 0.3 is 0 Å². The fourth-order valence-electron chi connectivity index (χ4n) is 2.25. The Labute approximate surface area is 136 Å². The molecule has 23 heavy (non-hydrogen) atoms. The maximum atomic E-state index is 12.1. The minimum atomic E-state index is -0.539. The number of aromatic nitrogens is 2. The average Bonchev–Trinajstić information content (AvgIpc) is 3.02. The second-order valence-corrected chi connectivity index (χ2v) is 5.84. The summed E-state index contributed by atoms with van der Waals surface area (Å²) in [6, 6.07) is 9.03. The molecule has 0 spiro atoms. The van der Waals surface area contributed by atoms with Gasteiger partial charge in [0.15, 0.2) is 5.69 Å². The highest BCUT2D eigenvalue weighted by Crippen LogP contribution is 2.14. The van der Waals surface area contributed by atoms with Gasteiger partial charge in [0.05, 0.1) is 18.9 Å². The van der Waals surface area contributed by atoms with E-state index >= 15 is 0 Å². The van der Waals surface area contributed by atoms with E-state index in [1.807, 2.05) is 38.1 Å². The number of aliphatic hydroxyl groups excluding tert-OH is 1. The zero-order valence-electron chi connectivity index (χ0n) is 13.7. The maximum Gasteiger partial charge on any atom is 0.271 e. The number of rotatable bonds is 7. The first-order chi connectivity index (χ1) is 11.0. The largest absolute Gasteiger partial charge is 0.497 e. The molecule has 0 saturated heterocycles. The lowest BCUT2D eigenvalue weighted by molar-refractivity contribution is 0.0895. The van der Waals surface area contributed by atoms with Gasteiger partial charge in [0.25, 0.3) is 5.91 Å². The van der Waals surface area contributed by atoms with Crippen LogP contribution in [0, 0.1) is 5.92 Å². The Morgan fingerprint density at radius 3 is 2.61 bits per heavy atom. The summed E-state index contributed by atoms with van der Waals surface area (Å²) >= 11 is 0. The summed E-state index contributed by atoms with van der Waals surface area (Å²) in [7, 11) is 1.61. The molecule has 0 radical (unpaired) electrons. The molecule has 1 amide bonds. The Bertz CT molecular complexity index is 635. The molecule has 1 aromatic carbocycles. The number of methoxy groups -OCH3 is 1. The molecule has 0 aliphatic carbocycles. The van der Waals surface area contributed by atoms with Crippen molar-refractivity contribution in [2.24, 2.45) is 5.92 Å². The molecule has 6 nitrogen and oxygen atoms in total. The summed E-state index contributed by atoms with van der Waals surface area (Å²) in [5.74, 6) is 0.856. The quantitative estimate of drug-likeness (QED) is 0.819. The number of aliphatic hydroxyl groups is 1. The lowest BCUT2D eigenvalue weighted by Crippen LogP contribution is -2.33. The highest BCUT2D eigenvalue weighted by Gasteiger charge is 2.13. The molecule has 2 aromatic rings. The van der Waals surface area contributed by atoms with E-state index in [1.165, 1.54) is 0 Å². The van der Waals surface area contributed by atoms with Gasteiger partial charge in [0, 0.05) is 12.7 Å².